The standard InChI is InChI=1S/C16H15N3O2S/c1-10(20)18-13-8-11(5-6-12-4-2-3-7-17-12)15-14(9-13)22-19-16(15)21/h2-4,7-9H,5-6H2,1H3,(H,18,20)(H,19,21). The Kier molecular flexibility index (Phi) is 4.02. The molecule has 0 saturated carbocycles. The Morgan fingerprint density at radius 1 is 1.32 bits per heavy atom. The van der Waals surface area contributed by atoms with E-state index in [0.29, 0.717) is 17.5 Å². The van der Waals surface area contributed by atoms with Crippen molar-refractivity contribution in [2.24, 2.45) is 0 Å². The minimum atomic E-state index is -0.127. The number of aryl methyl sites for hydroxylation is 2. The van der Waals surface area contributed by atoms with E-state index in [1.807, 2.05) is 30.3 Å². The van der Waals surface area contributed by atoms with Crippen molar-refractivity contribution in [3.63, 3.8) is 0 Å². The second-order valence-electron chi connectivity index (χ2n) is 5.04. The van der Waals surface area contributed by atoms with Gasteiger partial charge in [-0.25, -0.2) is 0 Å². The van der Waals surface area contributed by atoms with Gasteiger partial charge in [-0.05, 0) is 42.7 Å². The number of aromatic nitrogens is 2. The Balaban J connectivity index is 1.96. The van der Waals surface area contributed by atoms with Gasteiger partial charge in [0, 0.05) is 24.5 Å². The Hall–Kier alpha value is -2.47. The lowest BCUT2D eigenvalue weighted by atomic mass is 10.0. The summed E-state index contributed by atoms with van der Waals surface area (Å²) >= 11 is 1.29. The van der Waals surface area contributed by atoms with Crippen LogP contribution in [-0.4, -0.2) is 15.3 Å². The van der Waals surface area contributed by atoms with E-state index in [2.05, 4.69) is 14.7 Å². The van der Waals surface area contributed by atoms with Gasteiger partial charge in [-0.1, -0.05) is 17.6 Å². The molecule has 0 radical (unpaired) electrons. The molecule has 0 spiro atoms. The molecular weight excluding hydrogens is 298 g/mol. The summed E-state index contributed by atoms with van der Waals surface area (Å²) in [4.78, 5) is 27.6. The molecule has 0 fully saturated rings. The molecule has 1 amide bonds. The highest BCUT2D eigenvalue weighted by atomic mass is 32.1. The number of hydrogen-bond acceptors (Lipinski definition) is 4. The van der Waals surface area contributed by atoms with Gasteiger partial charge in [0.05, 0.1) is 10.1 Å². The molecule has 3 aromatic rings. The first-order valence-corrected chi connectivity index (χ1v) is 7.77. The van der Waals surface area contributed by atoms with Crippen molar-refractivity contribution in [1.29, 1.82) is 0 Å². The van der Waals surface area contributed by atoms with Crippen LogP contribution in [0.3, 0.4) is 0 Å². The lowest BCUT2D eigenvalue weighted by molar-refractivity contribution is -0.114. The van der Waals surface area contributed by atoms with Crippen LogP contribution in [0.2, 0.25) is 0 Å². The number of benzene rings is 1. The normalized spacial score (nSPS) is 10.8. The van der Waals surface area contributed by atoms with Gasteiger partial charge in [0.25, 0.3) is 5.56 Å². The molecule has 6 heteroatoms. The number of H-pyrrole nitrogens is 1. The van der Waals surface area contributed by atoms with Gasteiger partial charge in [0.1, 0.15) is 0 Å². The summed E-state index contributed by atoms with van der Waals surface area (Å²) in [6.45, 7) is 1.47. The predicted octanol–water partition coefficient (Wildman–Crippen LogP) is 2.73. The molecule has 0 bridgehead atoms. The average molecular weight is 313 g/mol. The van der Waals surface area contributed by atoms with E-state index < -0.39 is 0 Å². The second-order valence-corrected chi connectivity index (χ2v) is 5.89. The van der Waals surface area contributed by atoms with E-state index in [-0.39, 0.29) is 11.5 Å². The number of carbonyl (C=O) groups excluding carboxylic acids is 1. The predicted molar refractivity (Wildman–Crippen MR) is 88.4 cm³/mol. The number of aromatic amines is 1. The first kappa shape index (κ1) is 14.5. The van der Waals surface area contributed by atoms with Crippen LogP contribution in [0.15, 0.2) is 41.3 Å². The summed E-state index contributed by atoms with van der Waals surface area (Å²) in [5.41, 5.74) is 2.54. The number of carbonyl (C=O) groups is 1. The molecule has 2 aromatic heterocycles. The van der Waals surface area contributed by atoms with Gasteiger partial charge in [0.2, 0.25) is 5.91 Å². The van der Waals surface area contributed by atoms with E-state index in [9.17, 15) is 9.59 Å². The van der Waals surface area contributed by atoms with Gasteiger partial charge in [-0.15, -0.1) is 0 Å². The molecule has 2 heterocycles. The number of anilines is 1. The van der Waals surface area contributed by atoms with Crippen LogP contribution in [-0.2, 0) is 17.6 Å². The highest BCUT2D eigenvalue weighted by Gasteiger charge is 2.11. The average Bonchev–Trinajstić information content (AvgIpc) is 2.87. The Morgan fingerprint density at radius 2 is 2.18 bits per heavy atom. The number of amides is 1. The molecule has 0 unspecified atom stereocenters. The van der Waals surface area contributed by atoms with E-state index in [0.717, 1.165) is 22.4 Å². The number of hydrogen-bond donors (Lipinski definition) is 2. The monoisotopic (exact) mass is 313 g/mol. The third kappa shape index (κ3) is 3.07. The van der Waals surface area contributed by atoms with Crippen molar-refractivity contribution in [2.45, 2.75) is 19.8 Å². The van der Waals surface area contributed by atoms with Crippen LogP contribution >= 0.6 is 11.5 Å². The van der Waals surface area contributed by atoms with Crippen LogP contribution in [0.5, 0.6) is 0 Å². The summed E-state index contributed by atoms with van der Waals surface area (Å²) in [6.07, 6.45) is 3.20. The van der Waals surface area contributed by atoms with Crippen molar-refractivity contribution in [3.05, 3.63) is 58.1 Å². The third-order valence-corrected chi connectivity index (χ3v) is 4.19. The van der Waals surface area contributed by atoms with Crippen LogP contribution in [0.4, 0.5) is 5.69 Å². The summed E-state index contributed by atoms with van der Waals surface area (Å²) in [6, 6.07) is 9.48. The van der Waals surface area contributed by atoms with Crippen molar-refractivity contribution >= 4 is 33.2 Å². The largest absolute Gasteiger partial charge is 0.326 e. The fraction of sp³-hybridized carbons (Fsp3) is 0.188. The maximum absolute atomic E-state index is 12.0. The molecule has 0 atom stereocenters. The van der Waals surface area contributed by atoms with Gasteiger partial charge in [-0.3, -0.25) is 18.9 Å². The quantitative estimate of drug-likeness (QED) is 0.777. The summed E-state index contributed by atoms with van der Waals surface area (Å²) < 4.78 is 3.61. The van der Waals surface area contributed by atoms with Gasteiger partial charge < -0.3 is 5.32 Å². The molecule has 0 aliphatic carbocycles. The third-order valence-electron chi connectivity index (χ3n) is 3.36. The zero-order chi connectivity index (χ0) is 15.5. The zero-order valence-corrected chi connectivity index (χ0v) is 12.9. The lowest BCUT2D eigenvalue weighted by Crippen LogP contribution is -2.08. The fourth-order valence-electron chi connectivity index (χ4n) is 2.45. The summed E-state index contributed by atoms with van der Waals surface area (Å²) in [5, 5.41) is 3.48. The first-order chi connectivity index (χ1) is 10.6. The molecule has 5 nitrogen and oxygen atoms in total. The highest BCUT2D eigenvalue weighted by molar-refractivity contribution is 7.13. The van der Waals surface area contributed by atoms with Crippen molar-refractivity contribution in [2.75, 3.05) is 5.32 Å². The molecule has 1 aromatic carbocycles. The van der Waals surface area contributed by atoms with Gasteiger partial charge >= 0.3 is 0 Å². The number of rotatable bonds is 4. The lowest BCUT2D eigenvalue weighted by Gasteiger charge is -2.07. The van der Waals surface area contributed by atoms with Crippen LogP contribution in [0.25, 0.3) is 10.1 Å². The van der Waals surface area contributed by atoms with Crippen molar-refractivity contribution in [1.82, 2.24) is 9.36 Å². The smallest absolute Gasteiger partial charge is 0.266 e. The molecule has 0 aliphatic heterocycles. The minimum absolute atomic E-state index is 0.0783. The molecule has 3 rings (SSSR count). The molecule has 2 N–H and O–H groups in total. The molecule has 0 saturated heterocycles. The number of fused-ring (bicyclic) bond motifs is 1. The number of nitrogens with one attached hydrogen (secondary N) is 2. The molecule has 0 aliphatic rings. The Bertz CT molecular complexity index is 868. The Labute approximate surface area is 131 Å². The maximum Gasteiger partial charge on any atom is 0.266 e. The summed E-state index contributed by atoms with van der Waals surface area (Å²) in [7, 11) is 0. The first-order valence-electron chi connectivity index (χ1n) is 6.95. The molecular formula is C16H15N3O2S. The van der Waals surface area contributed by atoms with E-state index in [1.54, 1.807) is 6.20 Å². The molecule has 22 heavy (non-hydrogen) atoms. The molecule has 112 valence electrons. The Morgan fingerprint density at radius 3 is 2.91 bits per heavy atom. The highest BCUT2D eigenvalue weighted by Crippen LogP contribution is 2.25. The number of nitrogens with zero attached hydrogens (tertiary/aromatic N) is 1. The van der Waals surface area contributed by atoms with Gasteiger partial charge in [-0.2, -0.15) is 0 Å². The van der Waals surface area contributed by atoms with Crippen LogP contribution < -0.4 is 10.9 Å². The van der Waals surface area contributed by atoms with Crippen LogP contribution in [0, 0.1) is 0 Å². The number of pyridine rings is 1. The minimum Gasteiger partial charge on any atom is -0.326 e. The maximum atomic E-state index is 12.0. The topological polar surface area (TPSA) is 74.8 Å². The zero-order valence-electron chi connectivity index (χ0n) is 12.1. The van der Waals surface area contributed by atoms with Crippen LogP contribution in [0.1, 0.15) is 18.2 Å². The summed E-state index contributed by atoms with van der Waals surface area (Å²) in [5.74, 6) is -0.127. The fourth-order valence-corrected chi connectivity index (χ4v) is 3.26. The van der Waals surface area contributed by atoms with Gasteiger partial charge in [0.15, 0.2) is 0 Å². The SMILES string of the molecule is CC(=O)Nc1cc(CCc2ccccn2)c2c(=O)[nH]sc2c1. The van der Waals surface area contributed by atoms with Crippen molar-refractivity contribution in [3.8, 4) is 0 Å². The van der Waals surface area contributed by atoms with E-state index in [1.165, 1.54) is 18.5 Å². The van der Waals surface area contributed by atoms with E-state index in [4.69, 9.17) is 0 Å². The van der Waals surface area contributed by atoms with E-state index >= 15 is 0 Å². The second kappa shape index (κ2) is 6.11. The van der Waals surface area contributed by atoms with Crippen molar-refractivity contribution < 1.29 is 4.79 Å².